The van der Waals surface area contributed by atoms with Gasteiger partial charge in [0.2, 0.25) is 0 Å². The molecule has 1 atom stereocenters. The van der Waals surface area contributed by atoms with Gasteiger partial charge in [-0.3, -0.25) is 9.59 Å². The molecule has 86 valence electrons. The Balaban J connectivity index is 4.91. The molecule has 8 heteroatoms. The minimum Gasteiger partial charge on any atom is -0.481 e. The van der Waals surface area contributed by atoms with Gasteiger partial charge in [-0.15, -0.1) is 0 Å². The summed E-state index contributed by atoms with van der Waals surface area (Å²) < 4.78 is 0. The Morgan fingerprint density at radius 2 is 1.33 bits per heavy atom. The van der Waals surface area contributed by atoms with E-state index >= 15 is 0 Å². The van der Waals surface area contributed by atoms with Crippen LogP contribution < -0.4 is 0 Å². The van der Waals surface area contributed by atoms with Gasteiger partial charge in [0.05, 0.1) is 12.8 Å². The lowest BCUT2D eigenvalue weighted by Gasteiger charge is -2.27. The summed E-state index contributed by atoms with van der Waals surface area (Å²) in [7, 11) is 0. The molecule has 0 amide bonds. The average molecular weight is 222 g/mol. The second-order valence-corrected chi connectivity index (χ2v) is 2.99. The number of aliphatic hydroxyl groups excluding tert-OH is 1. The second-order valence-electron chi connectivity index (χ2n) is 2.99. The van der Waals surface area contributed by atoms with E-state index in [0.717, 1.165) is 0 Å². The molecule has 5 N–H and O–H groups in total. The number of carboxylic acids is 3. The molecule has 1 unspecified atom stereocenters. The van der Waals surface area contributed by atoms with Crippen LogP contribution in [0, 0.1) is 0 Å². The summed E-state index contributed by atoms with van der Waals surface area (Å²) in [5, 5.41) is 43.4. The minimum atomic E-state index is -2.72. The Morgan fingerprint density at radius 1 is 1.00 bits per heavy atom. The molecule has 0 spiro atoms. The number of carbonyl (C=O) groups is 3. The van der Waals surface area contributed by atoms with Gasteiger partial charge in [-0.1, -0.05) is 0 Å². The Hall–Kier alpha value is -1.67. The van der Waals surface area contributed by atoms with Crippen LogP contribution >= 0.6 is 0 Å². The molecule has 0 saturated carbocycles. The van der Waals surface area contributed by atoms with Gasteiger partial charge >= 0.3 is 17.9 Å². The van der Waals surface area contributed by atoms with Gasteiger partial charge in [-0.2, -0.15) is 0 Å². The van der Waals surface area contributed by atoms with Crippen molar-refractivity contribution in [3.05, 3.63) is 0 Å². The third-order valence-corrected chi connectivity index (χ3v) is 1.66. The second kappa shape index (κ2) is 4.71. The molecule has 8 nitrogen and oxygen atoms in total. The van der Waals surface area contributed by atoms with E-state index in [9.17, 15) is 19.5 Å². The van der Waals surface area contributed by atoms with Gasteiger partial charge in [-0.25, -0.2) is 4.79 Å². The fraction of sp³-hybridized carbons (Fsp3) is 0.571. The highest BCUT2D eigenvalue weighted by Crippen LogP contribution is 2.20. The molecule has 0 bridgehead atoms. The third-order valence-electron chi connectivity index (χ3n) is 1.66. The van der Waals surface area contributed by atoms with Crippen LogP contribution in [0.25, 0.3) is 0 Å². The van der Waals surface area contributed by atoms with Gasteiger partial charge < -0.3 is 25.5 Å². The summed E-state index contributed by atoms with van der Waals surface area (Å²) in [5.74, 6) is -5.11. The van der Waals surface area contributed by atoms with Crippen LogP contribution in [0.1, 0.15) is 12.8 Å². The van der Waals surface area contributed by atoms with Crippen molar-refractivity contribution in [3.8, 4) is 0 Å². The summed E-state index contributed by atoms with van der Waals surface area (Å²) in [4.78, 5) is 30.8. The number of carboxylic acid groups (broad SMARTS) is 3. The molecule has 0 aliphatic heterocycles. The quantitative estimate of drug-likeness (QED) is 0.349. The zero-order valence-corrected chi connectivity index (χ0v) is 7.45. The van der Waals surface area contributed by atoms with Crippen LogP contribution in [-0.4, -0.2) is 55.1 Å². The molecule has 0 aromatic heterocycles. The summed E-state index contributed by atoms with van der Waals surface area (Å²) in [6, 6.07) is 0. The highest BCUT2D eigenvalue weighted by atomic mass is 16.4. The topological polar surface area (TPSA) is 152 Å². The van der Waals surface area contributed by atoms with Crippen LogP contribution in [0.4, 0.5) is 0 Å². The monoisotopic (exact) mass is 222 g/mol. The molecular formula is C7H10O8. The molecule has 0 rings (SSSR count). The van der Waals surface area contributed by atoms with Crippen molar-refractivity contribution in [1.29, 1.82) is 0 Å². The largest absolute Gasteiger partial charge is 0.481 e. The van der Waals surface area contributed by atoms with Crippen molar-refractivity contribution >= 4 is 17.9 Å². The number of aliphatic carboxylic acids is 3. The zero-order chi connectivity index (χ0) is 12.2. The van der Waals surface area contributed by atoms with Crippen molar-refractivity contribution in [2.24, 2.45) is 0 Å². The predicted octanol–water partition coefficient (Wildman–Crippen LogP) is -1.89. The molecule has 0 fully saturated rings. The Labute approximate surface area is 83.4 Å². The average Bonchev–Trinajstić information content (AvgIpc) is 1.99. The molecule has 0 aliphatic rings. The fourth-order valence-electron chi connectivity index (χ4n) is 1.01. The zero-order valence-electron chi connectivity index (χ0n) is 7.45. The van der Waals surface area contributed by atoms with Crippen LogP contribution in [0.2, 0.25) is 0 Å². The van der Waals surface area contributed by atoms with Crippen molar-refractivity contribution in [2.75, 3.05) is 0 Å². The summed E-state index contributed by atoms with van der Waals surface area (Å²) in [5.41, 5.74) is -2.72. The first-order valence-corrected chi connectivity index (χ1v) is 3.76. The Kier molecular flexibility index (Phi) is 4.19. The van der Waals surface area contributed by atoms with Crippen LogP contribution in [0.15, 0.2) is 0 Å². The third kappa shape index (κ3) is 3.92. The molecule has 0 aromatic rings. The van der Waals surface area contributed by atoms with E-state index in [1.165, 1.54) is 0 Å². The van der Waals surface area contributed by atoms with Gasteiger partial charge in [-0.05, 0) is 0 Å². The predicted molar refractivity (Wildman–Crippen MR) is 43.1 cm³/mol. The van der Waals surface area contributed by atoms with E-state index in [-0.39, 0.29) is 0 Å². The Bertz CT molecular complexity index is 267. The summed E-state index contributed by atoms with van der Waals surface area (Å²) >= 11 is 0. The van der Waals surface area contributed by atoms with E-state index in [1.807, 2.05) is 0 Å². The van der Waals surface area contributed by atoms with Crippen molar-refractivity contribution in [2.45, 2.75) is 24.5 Å². The van der Waals surface area contributed by atoms with Crippen LogP contribution in [-0.2, 0) is 14.4 Å². The van der Waals surface area contributed by atoms with E-state index in [0.29, 0.717) is 0 Å². The molecule has 0 aromatic carbocycles. The van der Waals surface area contributed by atoms with Crippen molar-refractivity contribution in [3.63, 3.8) is 0 Å². The maximum absolute atomic E-state index is 10.3. The molecule has 0 saturated heterocycles. The number of hydrogen-bond acceptors (Lipinski definition) is 5. The standard InChI is InChI=1S/C7H10O8/c8-3(9)1-7(15,2-4(10)11)5(12)6(13)14/h5,12,15H,1-2H2,(H,8,9)(H,10,11)(H,13,14). The highest BCUT2D eigenvalue weighted by molar-refractivity contribution is 5.79. The molecule has 0 radical (unpaired) electrons. The van der Waals surface area contributed by atoms with E-state index < -0.39 is 42.5 Å². The van der Waals surface area contributed by atoms with Crippen molar-refractivity contribution in [1.82, 2.24) is 0 Å². The number of rotatable bonds is 6. The summed E-state index contributed by atoms with van der Waals surface area (Å²) in [6.45, 7) is 0. The fourth-order valence-corrected chi connectivity index (χ4v) is 1.01. The first-order valence-electron chi connectivity index (χ1n) is 3.76. The van der Waals surface area contributed by atoms with Gasteiger partial charge in [0, 0.05) is 0 Å². The van der Waals surface area contributed by atoms with E-state index in [4.69, 9.17) is 20.4 Å². The molecule has 15 heavy (non-hydrogen) atoms. The smallest absolute Gasteiger partial charge is 0.335 e. The van der Waals surface area contributed by atoms with E-state index in [2.05, 4.69) is 0 Å². The number of aliphatic hydroxyl groups is 2. The lowest BCUT2D eigenvalue weighted by molar-refractivity contribution is -0.173. The van der Waals surface area contributed by atoms with Gasteiger partial charge in [0.25, 0.3) is 0 Å². The molecule has 0 heterocycles. The van der Waals surface area contributed by atoms with Crippen LogP contribution in [0.5, 0.6) is 0 Å². The minimum absolute atomic E-state index is 1.17. The van der Waals surface area contributed by atoms with Crippen molar-refractivity contribution < 1.29 is 39.9 Å². The summed E-state index contributed by atoms with van der Waals surface area (Å²) in [6.07, 6.45) is -4.82. The number of hydrogen-bond donors (Lipinski definition) is 5. The highest BCUT2D eigenvalue weighted by Gasteiger charge is 2.44. The van der Waals surface area contributed by atoms with Gasteiger partial charge in [0.1, 0.15) is 5.60 Å². The first-order chi connectivity index (χ1) is 6.69. The Morgan fingerprint density at radius 3 is 1.53 bits per heavy atom. The maximum Gasteiger partial charge on any atom is 0.335 e. The first kappa shape index (κ1) is 13.3. The normalized spacial score (nSPS) is 13.2. The molecular weight excluding hydrogens is 212 g/mol. The van der Waals surface area contributed by atoms with Gasteiger partial charge in [0.15, 0.2) is 6.10 Å². The lowest BCUT2D eigenvalue weighted by atomic mass is 9.89. The van der Waals surface area contributed by atoms with Crippen LogP contribution in [0.3, 0.4) is 0 Å². The lowest BCUT2D eigenvalue weighted by Crippen LogP contribution is -2.50. The molecule has 0 aliphatic carbocycles. The SMILES string of the molecule is O=C(O)CC(O)(CC(=O)O)C(O)C(=O)O. The maximum atomic E-state index is 10.3. The van der Waals surface area contributed by atoms with E-state index in [1.54, 1.807) is 0 Å².